The minimum Gasteiger partial charge on any atom is -0.358 e. The number of anilines is 1. The van der Waals surface area contributed by atoms with Gasteiger partial charge in [-0.2, -0.15) is 26.9 Å². The van der Waals surface area contributed by atoms with Gasteiger partial charge in [-0.1, -0.05) is 0 Å². The maximum Gasteiger partial charge on any atom is 0.434 e. The first-order valence-electron chi connectivity index (χ1n) is 6.38. The highest BCUT2D eigenvalue weighted by atomic mass is 32.2. The number of aromatic nitrogens is 2. The van der Waals surface area contributed by atoms with E-state index in [1.165, 1.54) is 6.20 Å². The number of thiazole rings is 1. The van der Waals surface area contributed by atoms with E-state index in [-0.39, 0.29) is 22.2 Å². The molecule has 2 N–H and O–H groups in total. The molecule has 2 heterocycles. The molecule has 3 aromatic rings. The monoisotopic (exact) mass is 390 g/mol. The minimum absolute atomic E-state index is 0.00674. The number of hydrogen-bond donors (Lipinski definition) is 2. The van der Waals surface area contributed by atoms with Gasteiger partial charge in [0.1, 0.15) is 11.9 Å². The maximum atomic E-state index is 13.9. The van der Waals surface area contributed by atoms with Crippen LogP contribution in [0.15, 0.2) is 28.0 Å². The smallest absolute Gasteiger partial charge is 0.358 e. The Morgan fingerprint density at radius 3 is 2.64 bits per heavy atom. The molecule has 0 bridgehead atoms. The first-order chi connectivity index (χ1) is 11.6. The third-order valence-electron chi connectivity index (χ3n) is 3.15. The molecule has 0 fully saturated rings. The second-order valence-corrected chi connectivity index (χ2v) is 7.48. The van der Waals surface area contributed by atoms with Crippen LogP contribution in [0.25, 0.3) is 10.9 Å². The standard InChI is InChI=1S/C13H6F4N4O2S2/c14-7-1-2-8(11-10(7)6(3-18)4-19-11)21-25(22,23)12-20-9(5-24-12)13(15,16)17/h1-2,4-5,19,21H. The number of fused-ring (bicyclic) bond motifs is 1. The summed E-state index contributed by atoms with van der Waals surface area (Å²) in [7, 11) is -4.42. The predicted molar refractivity (Wildman–Crippen MR) is 80.9 cm³/mol. The van der Waals surface area contributed by atoms with Crippen molar-refractivity contribution in [2.75, 3.05) is 4.72 Å². The van der Waals surface area contributed by atoms with Crippen molar-refractivity contribution in [1.82, 2.24) is 9.97 Å². The Balaban J connectivity index is 2.04. The number of benzene rings is 1. The molecular formula is C13H6F4N4O2S2. The van der Waals surface area contributed by atoms with E-state index in [1.807, 2.05) is 0 Å². The SMILES string of the molecule is N#Cc1c[nH]c2c(NS(=O)(=O)c3nc(C(F)(F)F)cs3)ccc(F)c12. The zero-order valence-corrected chi connectivity index (χ0v) is 13.5. The van der Waals surface area contributed by atoms with Gasteiger partial charge in [-0.3, -0.25) is 4.72 Å². The summed E-state index contributed by atoms with van der Waals surface area (Å²) >= 11 is 0.303. The van der Waals surface area contributed by atoms with Crippen LogP contribution in [-0.4, -0.2) is 18.4 Å². The summed E-state index contributed by atoms with van der Waals surface area (Å²) in [5.74, 6) is -0.746. The van der Waals surface area contributed by atoms with Crippen molar-refractivity contribution in [1.29, 1.82) is 5.26 Å². The van der Waals surface area contributed by atoms with E-state index >= 15 is 0 Å². The van der Waals surface area contributed by atoms with Crippen molar-refractivity contribution < 1.29 is 26.0 Å². The fraction of sp³-hybridized carbons (Fsp3) is 0.0769. The summed E-state index contributed by atoms with van der Waals surface area (Å²) in [6, 6.07) is 3.78. The molecule has 0 saturated heterocycles. The molecule has 0 aliphatic heterocycles. The molecule has 0 aliphatic rings. The largest absolute Gasteiger partial charge is 0.434 e. The van der Waals surface area contributed by atoms with Crippen LogP contribution in [0.3, 0.4) is 0 Å². The molecule has 0 spiro atoms. The summed E-state index contributed by atoms with van der Waals surface area (Å²) in [4.78, 5) is 5.64. The molecule has 2 aromatic heterocycles. The lowest BCUT2D eigenvalue weighted by Crippen LogP contribution is -2.14. The molecule has 0 unspecified atom stereocenters. The van der Waals surface area contributed by atoms with Gasteiger partial charge in [-0.05, 0) is 12.1 Å². The third kappa shape index (κ3) is 3.03. The van der Waals surface area contributed by atoms with Crippen molar-refractivity contribution >= 4 is 38.0 Å². The number of nitrogens with zero attached hydrogens (tertiary/aromatic N) is 2. The molecule has 25 heavy (non-hydrogen) atoms. The number of aromatic amines is 1. The lowest BCUT2D eigenvalue weighted by Gasteiger charge is -2.07. The number of rotatable bonds is 3. The first kappa shape index (κ1) is 17.2. The van der Waals surface area contributed by atoms with Crippen LogP contribution in [0.2, 0.25) is 0 Å². The van der Waals surface area contributed by atoms with Crippen molar-refractivity contribution in [3.05, 3.63) is 40.8 Å². The number of sulfonamides is 1. The van der Waals surface area contributed by atoms with Crippen molar-refractivity contribution in [3.8, 4) is 6.07 Å². The summed E-state index contributed by atoms with van der Waals surface area (Å²) in [5, 5.41) is 9.39. The van der Waals surface area contributed by atoms with Gasteiger partial charge in [0.05, 0.1) is 22.2 Å². The molecule has 12 heteroatoms. The van der Waals surface area contributed by atoms with Crippen LogP contribution >= 0.6 is 11.3 Å². The highest BCUT2D eigenvalue weighted by Crippen LogP contribution is 2.33. The number of nitrogens with one attached hydrogen (secondary N) is 2. The lowest BCUT2D eigenvalue weighted by molar-refractivity contribution is -0.141. The van der Waals surface area contributed by atoms with Crippen LogP contribution in [-0.2, 0) is 16.2 Å². The summed E-state index contributed by atoms with van der Waals surface area (Å²) < 4.78 is 77.3. The van der Waals surface area contributed by atoms with Gasteiger partial charge in [0.25, 0.3) is 10.0 Å². The second-order valence-electron chi connectivity index (χ2n) is 4.76. The average molecular weight is 390 g/mol. The fourth-order valence-corrected chi connectivity index (χ4v) is 4.17. The fourth-order valence-electron chi connectivity index (χ4n) is 2.08. The van der Waals surface area contributed by atoms with Gasteiger partial charge in [-0.25, -0.2) is 9.37 Å². The highest BCUT2D eigenvalue weighted by Gasteiger charge is 2.35. The molecule has 0 saturated carbocycles. The zero-order valence-electron chi connectivity index (χ0n) is 11.8. The summed E-state index contributed by atoms with van der Waals surface area (Å²) in [5.41, 5.74) is -1.50. The number of H-pyrrole nitrogens is 1. The molecule has 130 valence electrons. The first-order valence-corrected chi connectivity index (χ1v) is 8.75. The van der Waals surface area contributed by atoms with Gasteiger partial charge in [0.2, 0.25) is 4.34 Å². The van der Waals surface area contributed by atoms with Crippen LogP contribution in [0, 0.1) is 17.1 Å². The summed E-state index contributed by atoms with van der Waals surface area (Å²) in [6.07, 6.45) is -3.58. The molecule has 3 rings (SSSR count). The van der Waals surface area contributed by atoms with Crippen molar-refractivity contribution in [2.24, 2.45) is 0 Å². The number of hydrogen-bond acceptors (Lipinski definition) is 5. The molecular weight excluding hydrogens is 384 g/mol. The third-order valence-corrected chi connectivity index (χ3v) is 5.77. The van der Waals surface area contributed by atoms with E-state index in [2.05, 4.69) is 14.7 Å². The Morgan fingerprint density at radius 2 is 2.04 bits per heavy atom. The zero-order chi connectivity index (χ0) is 18.4. The van der Waals surface area contributed by atoms with Crippen molar-refractivity contribution in [2.45, 2.75) is 10.5 Å². The van der Waals surface area contributed by atoms with E-state index in [9.17, 15) is 26.0 Å². The van der Waals surface area contributed by atoms with Gasteiger partial charge in [-0.15, -0.1) is 11.3 Å². The van der Waals surface area contributed by atoms with Gasteiger partial charge in [0.15, 0.2) is 5.69 Å². The van der Waals surface area contributed by atoms with E-state index in [1.54, 1.807) is 6.07 Å². The maximum absolute atomic E-state index is 13.9. The molecule has 0 amide bonds. The van der Waals surface area contributed by atoms with Crippen LogP contribution < -0.4 is 4.72 Å². The quantitative estimate of drug-likeness (QED) is 0.669. The van der Waals surface area contributed by atoms with E-state index in [0.717, 1.165) is 12.1 Å². The van der Waals surface area contributed by atoms with Crippen LogP contribution in [0.5, 0.6) is 0 Å². The summed E-state index contributed by atoms with van der Waals surface area (Å²) in [6.45, 7) is 0. The lowest BCUT2D eigenvalue weighted by atomic mass is 10.1. The van der Waals surface area contributed by atoms with Crippen molar-refractivity contribution in [3.63, 3.8) is 0 Å². The second kappa shape index (κ2) is 5.71. The Hall–Kier alpha value is -2.65. The topological polar surface area (TPSA) is 98.6 Å². The Kier molecular flexibility index (Phi) is 3.92. The molecule has 0 radical (unpaired) electrons. The molecule has 0 aliphatic carbocycles. The minimum atomic E-state index is -4.77. The average Bonchev–Trinajstić information content (AvgIpc) is 3.16. The Bertz CT molecular complexity index is 1110. The predicted octanol–water partition coefficient (Wildman–Crippen LogP) is 3.45. The Labute approximate surface area is 141 Å². The molecule has 0 atom stereocenters. The van der Waals surface area contributed by atoms with E-state index in [0.29, 0.717) is 16.7 Å². The van der Waals surface area contributed by atoms with E-state index in [4.69, 9.17) is 5.26 Å². The van der Waals surface area contributed by atoms with Gasteiger partial charge < -0.3 is 4.98 Å². The number of alkyl halides is 3. The highest BCUT2D eigenvalue weighted by molar-refractivity contribution is 7.94. The normalized spacial score (nSPS) is 12.3. The number of halogens is 4. The van der Waals surface area contributed by atoms with Crippen LogP contribution in [0.4, 0.5) is 23.2 Å². The molecule has 1 aromatic carbocycles. The Morgan fingerprint density at radius 1 is 1.32 bits per heavy atom. The van der Waals surface area contributed by atoms with E-state index < -0.39 is 32.1 Å². The van der Waals surface area contributed by atoms with Gasteiger partial charge >= 0.3 is 6.18 Å². The van der Waals surface area contributed by atoms with Crippen LogP contribution in [0.1, 0.15) is 11.3 Å². The van der Waals surface area contributed by atoms with Gasteiger partial charge in [0, 0.05) is 11.6 Å². The number of nitriles is 1. The molecule has 6 nitrogen and oxygen atoms in total.